The van der Waals surface area contributed by atoms with Crippen LogP contribution in [0.5, 0.6) is 0 Å². The summed E-state index contributed by atoms with van der Waals surface area (Å²) in [6.45, 7) is 4.40. The Morgan fingerprint density at radius 2 is 1.93 bits per heavy atom. The Hall–Kier alpha value is -2.54. The molecule has 3 aromatic rings. The Labute approximate surface area is 171 Å². The van der Waals surface area contributed by atoms with E-state index in [-0.39, 0.29) is 5.56 Å². The fraction of sp³-hybridized carbons (Fsp3) is 0.200. The molecule has 0 radical (unpaired) electrons. The van der Waals surface area contributed by atoms with Crippen LogP contribution in [0.15, 0.2) is 29.2 Å². The number of aromatic nitrogens is 2. The lowest BCUT2D eigenvalue weighted by Gasteiger charge is -2.21. The van der Waals surface area contributed by atoms with Crippen LogP contribution in [0, 0.1) is 0 Å². The van der Waals surface area contributed by atoms with E-state index in [9.17, 15) is 4.79 Å². The minimum absolute atomic E-state index is 0.188. The van der Waals surface area contributed by atoms with E-state index in [2.05, 4.69) is 20.6 Å². The number of nitrogens with zero attached hydrogens (tertiary/aromatic N) is 1. The topological polar surface area (TPSA) is 95.8 Å². The summed E-state index contributed by atoms with van der Waals surface area (Å²) in [4.78, 5) is 19.7. The third-order valence-electron chi connectivity index (χ3n) is 4.69. The number of hydrogen-bond donors (Lipinski definition) is 4. The second kappa shape index (κ2) is 6.81. The molecule has 0 unspecified atom stereocenters. The van der Waals surface area contributed by atoms with Gasteiger partial charge in [0.2, 0.25) is 0 Å². The number of nitrogens with one attached hydrogen (secondary N) is 3. The molecule has 1 aliphatic heterocycles. The fourth-order valence-corrected chi connectivity index (χ4v) is 3.80. The normalized spacial score (nSPS) is 13.3. The Bertz CT molecular complexity index is 1250. The van der Waals surface area contributed by atoms with Crippen molar-refractivity contribution in [1.29, 1.82) is 0 Å². The monoisotopic (exact) mass is 415 g/mol. The predicted octanol–water partition coefficient (Wildman–Crippen LogP) is 2.29. The van der Waals surface area contributed by atoms with Crippen LogP contribution < -0.4 is 32.4 Å². The SMILES string of the molecule is CC(C)(N)c1cc(Cl)c(Nc2nc3cc[nH]c(=O)c3c3c2=CCNC=3)c(Cl)c1. The number of rotatable bonds is 3. The van der Waals surface area contributed by atoms with Crippen molar-refractivity contribution < 1.29 is 0 Å². The summed E-state index contributed by atoms with van der Waals surface area (Å²) in [5.74, 6) is 0.578. The molecule has 28 heavy (non-hydrogen) atoms. The third-order valence-corrected chi connectivity index (χ3v) is 5.28. The molecule has 8 heteroatoms. The number of fused-ring (bicyclic) bond motifs is 3. The molecule has 3 heterocycles. The molecule has 0 saturated heterocycles. The van der Waals surface area contributed by atoms with Gasteiger partial charge in [0.25, 0.3) is 5.56 Å². The number of hydrogen-bond acceptors (Lipinski definition) is 5. The zero-order valence-corrected chi connectivity index (χ0v) is 16.9. The lowest BCUT2D eigenvalue weighted by atomic mass is 9.95. The molecule has 1 aliphatic rings. The zero-order valence-electron chi connectivity index (χ0n) is 15.4. The maximum Gasteiger partial charge on any atom is 0.258 e. The third kappa shape index (κ3) is 3.24. The van der Waals surface area contributed by atoms with Gasteiger partial charge in [0.05, 0.1) is 26.6 Å². The molecule has 0 atom stereocenters. The van der Waals surface area contributed by atoms with E-state index in [0.29, 0.717) is 39.0 Å². The first-order valence-electron chi connectivity index (χ1n) is 8.76. The van der Waals surface area contributed by atoms with Crippen molar-refractivity contribution >= 4 is 57.9 Å². The van der Waals surface area contributed by atoms with Gasteiger partial charge in [-0.15, -0.1) is 0 Å². The summed E-state index contributed by atoms with van der Waals surface area (Å²) < 4.78 is 0. The summed E-state index contributed by atoms with van der Waals surface area (Å²) in [5, 5.41) is 9.41. The van der Waals surface area contributed by atoms with Crippen LogP contribution in [0.3, 0.4) is 0 Å². The second-order valence-corrected chi connectivity index (χ2v) is 8.09. The van der Waals surface area contributed by atoms with E-state index >= 15 is 0 Å². The summed E-state index contributed by atoms with van der Waals surface area (Å²) in [7, 11) is 0. The van der Waals surface area contributed by atoms with Crippen molar-refractivity contribution in [3.8, 4) is 0 Å². The van der Waals surface area contributed by atoms with E-state index in [1.54, 1.807) is 24.4 Å². The molecule has 0 spiro atoms. The largest absolute Gasteiger partial charge is 0.387 e. The molecule has 1 aromatic carbocycles. The standard InChI is InChI=1S/C20H19Cl2N5O/c1-20(2,23)10-7-13(21)17(14(22)8-10)27-18-11-3-5-24-9-12(11)16-15(26-18)4-6-25-19(16)28/h3-4,6-9,24H,5,23H2,1-2H3,(H,25,28)(H,26,27). The van der Waals surface area contributed by atoms with Crippen molar-refractivity contribution in [3.63, 3.8) is 0 Å². The smallest absolute Gasteiger partial charge is 0.258 e. The first-order chi connectivity index (χ1) is 13.3. The van der Waals surface area contributed by atoms with E-state index in [1.807, 2.05) is 26.1 Å². The molecule has 4 rings (SSSR count). The van der Waals surface area contributed by atoms with Crippen LogP contribution in [-0.2, 0) is 5.54 Å². The molecule has 5 N–H and O–H groups in total. The van der Waals surface area contributed by atoms with Gasteiger partial charge in [-0.3, -0.25) is 4.79 Å². The Morgan fingerprint density at radius 3 is 2.61 bits per heavy atom. The second-order valence-electron chi connectivity index (χ2n) is 7.27. The highest BCUT2D eigenvalue weighted by molar-refractivity contribution is 6.39. The highest BCUT2D eigenvalue weighted by Gasteiger charge is 2.19. The van der Waals surface area contributed by atoms with Crippen molar-refractivity contribution in [2.45, 2.75) is 19.4 Å². The van der Waals surface area contributed by atoms with Gasteiger partial charge in [0, 0.05) is 34.9 Å². The molecule has 144 valence electrons. The molecular formula is C20H19Cl2N5O. The Morgan fingerprint density at radius 1 is 1.21 bits per heavy atom. The van der Waals surface area contributed by atoms with Crippen LogP contribution in [-0.4, -0.2) is 16.5 Å². The first kappa shape index (κ1) is 18.8. The first-order valence-corrected chi connectivity index (χ1v) is 9.52. The number of anilines is 2. The van der Waals surface area contributed by atoms with Crippen molar-refractivity contribution in [3.05, 3.63) is 60.8 Å². The Kier molecular flexibility index (Phi) is 4.57. The average molecular weight is 416 g/mol. The molecular weight excluding hydrogens is 397 g/mol. The minimum atomic E-state index is -0.568. The van der Waals surface area contributed by atoms with Gasteiger partial charge < -0.3 is 21.4 Å². The van der Waals surface area contributed by atoms with E-state index in [1.165, 1.54) is 0 Å². The summed E-state index contributed by atoms with van der Waals surface area (Å²) in [6.07, 6.45) is 5.37. The highest BCUT2D eigenvalue weighted by atomic mass is 35.5. The van der Waals surface area contributed by atoms with Gasteiger partial charge in [0.15, 0.2) is 0 Å². The van der Waals surface area contributed by atoms with Gasteiger partial charge in [-0.25, -0.2) is 4.98 Å². The number of halogens is 2. The fourth-order valence-electron chi connectivity index (χ4n) is 3.22. The molecule has 0 saturated carbocycles. The van der Waals surface area contributed by atoms with Crippen molar-refractivity contribution in [2.75, 3.05) is 11.9 Å². The summed E-state index contributed by atoms with van der Waals surface area (Å²) >= 11 is 13.0. The van der Waals surface area contributed by atoms with Gasteiger partial charge in [-0.05, 0) is 37.6 Å². The van der Waals surface area contributed by atoms with Crippen molar-refractivity contribution in [1.82, 2.24) is 15.3 Å². The zero-order chi connectivity index (χ0) is 20.1. The van der Waals surface area contributed by atoms with Crippen LogP contribution in [0.1, 0.15) is 19.4 Å². The molecule has 0 bridgehead atoms. The molecule has 6 nitrogen and oxygen atoms in total. The molecule has 0 aliphatic carbocycles. The van der Waals surface area contributed by atoms with Crippen LogP contribution in [0.2, 0.25) is 10.0 Å². The van der Waals surface area contributed by atoms with Gasteiger partial charge >= 0.3 is 0 Å². The van der Waals surface area contributed by atoms with E-state index in [4.69, 9.17) is 28.9 Å². The van der Waals surface area contributed by atoms with E-state index in [0.717, 1.165) is 16.0 Å². The quantitative estimate of drug-likeness (QED) is 0.526. The van der Waals surface area contributed by atoms with Gasteiger partial charge in [-0.2, -0.15) is 0 Å². The molecule has 0 fully saturated rings. The maximum atomic E-state index is 12.3. The van der Waals surface area contributed by atoms with Crippen molar-refractivity contribution in [2.24, 2.45) is 5.73 Å². The summed E-state index contributed by atoms with van der Waals surface area (Å²) in [6, 6.07) is 5.35. The highest BCUT2D eigenvalue weighted by Crippen LogP contribution is 2.35. The lowest BCUT2D eigenvalue weighted by Crippen LogP contribution is -2.38. The van der Waals surface area contributed by atoms with E-state index < -0.39 is 5.54 Å². The Balaban J connectivity index is 1.92. The summed E-state index contributed by atoms with van der Waals surface area (Å²) in [5.41, 5.74) is 7.36. The number of pyridine rings is 2. The number of nitrogens with two attached hydrogens (primary N) is 1. The lowest BCUT2D eigenvalue weighted by molar-refractivity contribution is 0.554. The predicted molar refractivity (Wildman–Crippen MR) is 116 cm³/mol. The molecule has 2 aromatic heterocycles. The van der Waals surface area contributed by atoms with Crippen LogP contribution >= 0.6 is 23.2 Å². The number of H-pyrrole nitrogens is 1. The number of aromatic amines is 1. The number of benzene rings is 1. The van der Waals surface area contributed by atoms with Gasteiger partial charge in [-0.1, -0.05) is 29.3 Å². The van der Waals surface area contributed by atoms with Crippen LogP contribution in [0.25, 0.3) is 23.2 Å². The van der Waals surface area contributed by atoms with Crippen LogP contribution in [0.4, 0.5) is 11.5 Å². The average Bonchev–Trinajstić information content (AvgIpc) is 2.63. The van der Waals surface area contributed by atoms with Gasteiger partial charge in [0.1, 0.15) is 5.82 Å². The maximum absolute atomic E-state index is 12.3. The molecule has 0 amide bonds. The minimum Gasteiger partial charge on any atom is -0.387 e.